The van der Waals surface area contributed by atoms with Crippen molar-refractivity contribution in [2.24, 2.45) is 0 Å². The summed E-state index contributed by atoms with van der Waals surface area (Å²) in [5.41, 5.74) is 0. The van der Waals surface area contributed by atoms with Gasteiger partial charge in [-0.15, -0.1) is 0 Å². The number of carbonyl (C=O) groups is 1. The van der Waals surface area contributed by atoms with Crippen LogP contribution in [0.1, 0.15) is 96.8 Å². The van der Waals surface area contributed by atoms with Crippen molar-refractivity contribution in [3.63, 3.8) is 0 Å². The molecule has 0 rings (SSSR count). The number of carboxylic acid groups (broad SMARTS) is 1. The van der Waals surface area contributed by atoms with Gasteiger partial charge >= 0.3 is 5.97 Å². The smallest absolute Gasteiger partial charge is 0.303 e. The van der Waals surface area contributed by atoms with Gasteiger partial charge in [-0.25, -0.2) is 0 Å². The van der Waals surface area contributed by atoms with Gasteiger partial charge < -0.3 is 5.11 Å². The predicted octanol–water partition coefficient (Wildman–Crippen LogP) is 6.11. The zero-order valence-corrected chi connectivity index (χ0v) is 15.1. The molecule has 2 nitrogen and oxygen atoms in total. The Balaban J connectivity index is 0. The van der Waals surface area contributed by atoms with Crippen LogP contribution in [0.3, 0.4) is 0 Å². The van der Waals surface area contributed by atoms with Gasteiger partial charge in [-0.2, -0.15) is 0 Å². The molecule has 0 aromatic heterocycles. The molecule has 0 amide bonds. The third-order valence-corrected chi connectivity index (χ3v) is 3.65. The molecule has 0 aliphatic carbocycles. The summed E-state index contributed by atoms with van der Waals surface area (Å²) >= 11 is 0. The van der Waals surface area contributed by atoms with E-state index in [1.165, 1.54) is 70.6 Å². The van der Waals surface area contributed by atoms with Crippen LogP contribution in [0, 0.1) is 0 Å². The summed E-state index contributed by atoms with van der Waals surface area (Å²) in [5, 5.41) is 8.51. The monoisotopic (exact) mass is 334 g/mol. The number of hydrogen-bond donors (Lipinski definition) is 1. The second-order valence-electron chi connectivity index (χ2n) is 5.73. The Hall–Kier alpha value is -0.258. The van der Waals surface area contributed by atoms with Crippen LogP contribution in [0.2, 0.25) is 0 Å². The molecular weight excluding hydrogens is 300 g/mol. The SMILES string of the molecule is CCCCCCCCC=CCCCCCCCC(=O)O.[Cr]. The first-order valence-corrected chi connectivity index (χ1v) is 8.64. The molecule has 0 aliphatic rings. The Morgan fingerprint density at radius 2 is 1.19 bits per heavy atom. The summed E-state index contributed by atoms with van der Waals surface area (Å²) in [7, 11) is 0. The molecule has 0 fully saturated rings. The molecule has 0 aromatic carbocycles. The van der Waals surface area contributed by atoms with Gasteiger partial charge in [0.25, 0.3) is 0 Å². The largest absolute Gasteiger partial charge is 0.481 e. The number of hydrogen-bond acceptors (Lipinski definition) is 1. The minimum atomic E-state index is -0.664. The molecule has 3 heteroatoms. The first-order valence-electron chi connectivity index (χ1n) is 8.64. The van der Waals surface area contributed by atoms with Gasteiger partial charge in [0.2, 0.25) is 0 Å². The van der Waals surface area contributed by atoms with E-state index in [0.717, 1.165) is 12.8 Å². The third kappa shape index (κ3) is 22.2. The van der Waals surface area contributed by atoms with E-state index in [1.54, 1.807) is 0 Å². The number of aliphatic carboxylic acids is 1. The molecule has 0 aromatic rings. The van der Waals surface area contributed by atoms with Crippen LogP contribution in [-0.4, -0.2) is 11.1 Å². The van der Waals surface area contributed by atoms with E-state index in [-0.39, 0.29) is 17.4 Å². The molecule has 124 valence electrons. The topological polar surface area (TPSA) is 37.3 Å². The normalized spacial score (nSPS) is 10.7. The van der Waals surface area contributed by atoms with Crippen LogP contribution in [0.5, 0.6) is 0 Å². The second-order valence-corrected chi connectivity index (χ2v) is 5.73. The summed E-state index contributed by atoms with van der Waals surface area (Å²) in [5.74, 6) is -0.664. The van der Waals surface area contributed by atoms with Crippen molar-refractivity contribution in [2.45, 2.75) is 96.8 Å². The van der Waals surface area contributed by atoms with E-state index < -0.39 is 5.97 Å². The van der Waals surface area contributed by atoms with Gasteiger partial charge in [0.15, 0.2) is 0 Å². The molecule has 0 radical (unpaired) electrons. The van der Waals surface area contributed by atoms with Crippen molar-refractivity contribution in [2.75, 3.05) is 0 Å². The van der Waals surface area contributed by atoms with Crippen LogP contribution in [0.15, 0.2) is 12.2 Å². The van der Waals surface area contributed by atoms with E-state index >= 15 is 0 Å². The fourth-order valence-electron chi connectivity index (χ4n) is 2.35. The number of rotatable bonds is 15. The maximum absolute atomic E-state index is 10.3. The molecule has 1 N–H and O–H groups in total. The van der Waals surface area contributed by atoms with E-state index in [0.29, 0.717) is 6.42 Å². The molecular formula is C18H34CrO2. The van der Waals surface area contributed by atoms with Gasteiger partial charge in [0.1, 0.15) is 0 Å². The maximum atomic E-state index is 10.3. The Labute approximate surface area is 142 Å². The Morgan fingerprint density at radius 1 is 0.762 bits per heavy atom. The summed E-state index contributed by atoms with van der Waals surface area (Å²) in [6.07, 6.45) is 21.2. The van der Waals surface area contributed by atoms with E-state index in [2.05, 4.69) is 19.1 Å². The molecule has 0 aliphatic heterocycles. The molecule has 0 saturated heterocycles. The first kappa shape index (κ1) is 23.0. The van der Waals surface area contributed by atoms with Gasteiger partial charge in [-0.1, -0.05) is 70.4 Å². The molecule has 0 spiro atoms. The molecule has 0 atom stereocenters. The minimum Gasteiger partial charge on any atom is -0.481 e. The number of allylic oxidation sites excluding steroid dienone is 2. The molecule has 21 heavy (non-hydrogen) atoms. The van der Waals surface area contributed by atoms with Crippen molar-refractivity contribution < 1.29 is 27.3 Å². The fraction of sp³-hybridized carbons (Fsp3) is 0.833. The van der Waals surface area contributed by atoms with Gasteiger partial charge in [0.05, 0.1) is 0 Å². The standard InChI is InChI=1S/C18H34O2.Cr/c1-2-3-4-5-6-7-8-9-10-11-12-13-14-15-16-17-18(19)20;/h9-10H,2-8,11-17H2,1H3,(H,19,20);. The zero-order chi connectivity index (χ0) is 14.9. The van der Waals surface area contributed by atoms with Crippen LogP contribution < -0.4 is 0 Å². The molecule has 0 saturated carbocycles. The maximum Gasteiger partial charge on any atom is 0.303 e. The van der Waals surface area contributed by atoms with Crippen LogP contribution >= 0.6 is 0 Å². The quantitative estimate of drug-likeness (QED) is 0.290. The summed E-state index contributed by atoms with van der Waals surface area (Å²) in [6, 6.07) is 0. The molecule has 0 bridgehead atoms. The Morgan fingerprint density at radius 3 is 1.67 bits per heavy atom. The zero-order valence-electron chi connectivity index (χ0n) is 13.8. The average molecular weight is 334 g/mol. The first-order chi connectivity index (χ1) is 9.77. The van der Waals surface area contributed by atoms with Crippen molar-refractivity contribution in [3.05, 3.63) is 12.2 Å². The van der Waals surface area contributed by atoms with E-state index in [4.69, 9.17) is 5.11 Å². The minimum absolute atomic E-state index is 0. The van der Waals surface area contributed by atoms with Crippen molar-refractivity contribution >= 4 is 5.97 Å². The Kier molecular flexibility index (Phi) is 21.6. The molecule has 0 heterocycles. The van der Waals surface area contributed by atoms with Gasteiger partial charge in [0, 0.05) is 23.8 Å². The van der Waals surface area contributed by atoms with Crippen molar-refractivity contribution in [3.8, 4) is 0 Å². The van der Waals surface area contributed by atoms with Crippen molar-refractivity contribution in [1.29, 1.82) is 0 Å². The number of carboxylic acids is 1. The average Bonchev–Trinajstić information content (AvgIpc) is 2.43. The Bertz CT molecular complexity index is 239. The van der Waals surface area contributed by atoms with Crippen LogP contribution in [-0.2, 0) is 22.2 Å². The van der Waals surface area contributed by atoms with Gasteiger partial charge in [-0.05, 0) is 32.1 Å². The summed E-state index contributed by atoms with van der Waals surface area (Å²) in [6.45, 7) is 2.26. The van der Waals surface area contributed by atoms with E-state index in [9.17, 15) is 4.79 Å². The summed E-state index contributed by atoms with van der Waals surface area (Å²) < 4.78 is 0. The molecule has 0 unspecified atom stereocenters. The van der Waals surface area contributed by atoms with Crippen LogP contribution in [0.4, 0.5) is 0 Å². The summed E-state index contributed by atoms with van der Waals surface area (Å²) in [4.78, 5) is 10.3. The fourth-order valence-corrected chi connectivity index (χ4v) is 2.35. The van der Waals surface area contributed by atoms with Crippen molar-refractivity contribution in [1.82, 2.24) is 0 Å². The number of unbranched alkanes of at least 4 members (excludes halogenated alkanes) is 11. The third-order valence-electron chi connectivity index (χ3n) is 3.65. The van der Waals surface area contributed by atoms with E-state index in [1.807, 2.05) is 0 Å². The second kappa shape index (κ2) is 19.7. The van der Waals surface area contributed by atoms with Crippen LogP contribution in [0.25, 0.3) is 0 Å². The predicted molar refractivity (Wildman–Crippen MR) is 87.1 cm³/mol. The van der Waals surface area contributed by atoms with Gasteiger partial charge in [-0.3, -0.25) is 4.79 Å².